The number of ether oxygens (including phenoxy) is 1. The first kappa shape index (κ1) is 17.1. The van der Waals surface area contributed by atoms with E-state index in [1.807, 2.05) is 0 Å². The van der Waals surface area contributed by atoms with Crippen molar-refractivity contribution in [3.63, 3.8) is 0 Å². The van der Waals surface area contributed by atoms with Crippen molar-refractivity contribution in [3.05, 3.63) is 52.5 Å². The standard InChI is InChI=1S/C16H13Cl2NO4/c1-10(20)19(23-11(2)21)13-4-6-14(7-5-13)22-16-8-3-12(17)9-15(16)18/h3-9H,1-2H3. The zero-order valence-corrected chi connectivity index (χ0v) is 13.9. The van der Waals surface area contributed by atoms with Crippen LogP contribution in [0.2, 0.25) is 10.0 Å². The van der Waals surface area contributed by atoms with Crippen LogP contribution in [-0.4, -0.2) is 11.9 Å². The Labute approximate surface area is 143 Å². The molecular weight excluding hydrogens is 341 g/mol. The maximum Gasteiger partial charge on any atom is 0.330 e. The lowest BCUT2D eigenvalue weighted by Crippen LogP contribution is -2.30. The molecule has 2 aromatic carbocycles. The second-order valence-corrected chi connectivity index (χ2v) is 5.41. The molecule has 0 aromatic heterocycles. The molecule has 0 saturated carbocycles. The molecule has 0 N–H and O–H groups in total. The fraction of sp³-hybridized carbons (Fsp3) is 0.125. The third kappa shape index (κ3) is 4.61. The first-order valence-electron chi connectivity index (χ1n) is 6.59. The van der Waals surface area contributed by atoms with Crippen LogP contribution in [0.4, 0.5) is 5.69 Å². The monoisotopic (exact) mass is 353 g/mol. The van der Waals surface area contributed by atoms with E-state index in [4.69, 9.17) is 32.8 Å². The molecule has 23 heavy (non-hydrogen) atoms. The quantitative estimate of drug-likeness (QED) is 0.755. The Bertz CT molecular complexity index is 731. The average Bonchev–Trinajstić information content (AvgIpc) is 2.48. The molecule has 0 atom stereocenters. The van der Waals surface area contributed by atoms with Gasteiger partial charge in [-0.1, -0.05) is 23.2 Å². The number of amides is 1. The number of carbonyl (C=O) groups excluding carboxylic acids is 2. The van der Waals surface area contributed by atoms with Gasteiger partial charge < -0.3 is 9.57 Å². The summed E-state index contributed by atoms with van der Waals surface area (Å²) in [6.07, 6.45) is 0. The van der Waals surface area contributed by atoms with E-state index in [0.29, 0.717) is 27.2 Å². The van der Waals surface area contributed by atoms with Gasteiger partial charge in [-0.25, -0.2) is 4.79 Å². The van der Waals surface area contributed by atoms with Crippen molar-refractivity contribution in [2.75, 3.05) is 5.06 Å². The molecule has 0 unspecified atom stereocenters. The Morgan fingerprint density at radius 2 is 1.65 bits per heavy atom. The van der Waals surface area contributed by atoms with Crippen LogP contribution < -0.4 is 9.80 Å². The largest absolute Gasteiger partial charge is 0.456 e. The second-order valence-electron chi connectivity index (χ2n) is 4.57. The summed E-state index contributed by atoms with van der Waals surface area (Å²) in [5.41, 5.74) is 0.405. The molecule has 0 fully saturated rings. The maximum atomic E-state index is 11.5. The fourth-order valence-corrected chi connectivity index (χ4v) is 2.21. The number of anilines is 1. The molecule has 5 nitrogen and oxygen atoms in total. The predicted octanol–water partition coefficient (Wildman–Crippen LogP) is 4.62. The van der Waals surface area contributed by atoms with Crippen LogP contribution in [-0.2, 0) is 14.4 Å². The van der Waals surface area contributed by atoms with Gasteiger partial charge in [0, 0.05) is 18.9 Å². The molecule has 2 aromatic rings. The molecule has 0 radical (unpaired) electrons. The van der Waals surface area contributed by atoms with Crippen LogP contribution in [0.1, 0.15) is 13.8 Å². The minimum absolute atomic E-state index is 0.381. The number of hydrogen-bond donors (Lipinski definition) is 0. The SMILES string of the molecule is CC(=O)ON(C(C)=O)c1ccc(Oc2ccc(Cl)cc2Cl)cc1. The molecule has 0 heterocycles. The van der Waals surface area contributed by atoms with Crippen LogP contribution in [0, 0.1) is 0 Å². The molecule has 0 bridgehead atoms. The summed E-state index contributed by atoms with van der Waals surface area (Å²) in [4.78, 5) is 27.4. The number of halogens is 2. The zero-order valence-electron chi connectivity index (χ0n) is 12.4. The highest BCUT2D eigenvalue weighted by atomic mass is 35.5. The Morgan fingerprint density at radius 1 is 1.00 bits per heavy atom. The highest BCUT2D eigenvalue weighted by molar-refractivity contribution is 6.35. The number of hydroxylamine groups is 1. The molecule has 0 spiro atoms. The van der Waals surface area contributed by atoms with Crippen molar-refractivity contribution in [1.82, 2.24) is 0 Å². The lowest BCUT2D eigenvalue weighted by Gasteiger charge is -2.18. The summed E-state index contributed by atoms with van der Waals surface area (Å²) >= 11 is 11.9. The molecule has 0 aliphatic heterocycles. The van der Waals surface area contributed by atoms with E-state index >= 15 is 0 Å². The van der Waals surface area contributed by atoms with Crippen molar-refractivity contribution in [1.29, 1.82) is 0 Å². The van der Waals surface area contributed by atoms with Crippen LogP contribution in [0.3, 0.4) is 0 Å². The molecule has 0 saturated heterocycles. The van der Waals surface area contributed by atoms with Crippen molar-refractivity contribution in [3.8, 4) is 11.5 Å². The van der Waals surface area contributed by atoms with E-state index in [1.54, 1.807) is 42.5 Å². The molecule has 7 heteroatoms. The highest BCUT2D eigenvalue weighted by Crippen LogP contribution is 2.32. The first-order valence-corrected chi connectivity index (χ1v) is 7.34. The summed E-state index contributed by atoms with van der Waals surface area (Å²) in [6.45, 7) is 2.51. The summed E-state index contributed by atoms with van der Waals surface area (Å²) in [6, 6.07) is 11.3. The summed E-state index contributed by atoms with van der Waals surface area (Å²) < 4.78 is 5.64. The molecular formula is C16H13Cl2NO4. The van der Waals surface area contributed by atoms with Gasteiger partial charge in [-0.3, -0.25) is 4.79 Å². The summed E-state index contributed by atoms with van der Waals surface area (Å²) in [5, 5.41) is 1.80. The van der Waals surface area contributed by atoms with Crippen LogP contribution in [0.15, 0.2) is 42.5 Å². The van der Waals surface area contributed by atoms with Crippen molar-refractivity contribution in [2.45, 2.75) is 13.8 Å². The smallest absolute Gasteiger partial charge is 0.330 e. The van der Waals surface area contributed by atoms with Gasteiger partial charge in [0.05, 0.1) is 10.7 Å². The van der Waals surface area contributed by atoms with E-state index in [1.165, 1.54) is 13.8 Å². The molecule has 120 valence electrons. The van der Waals surface area contributed by atoms with E-state index < -0.39 is 11.9 Å². The maximum absolute atomic E-state index is 11.5. The third-order valence-corrected chi connectivity index (χ3v) is 3.23. The number of nitrogens with zero attached hydrogens (tertiary/aromatic N) is 1. The van der Waals surface area contributed by atoms with Crippen molar-refractivity contribution in [2.24, 2.45) is 0 Å². The van der Waals surface area contributed by atoms with Gasteiger partial charge in [-0.05, 0) is 42.5 Å². The van der Waals surface area contributed by atoms with E-state index in [0.717, 1.165) is 5.06 Å². The zero-order chi connectivity index (χ0) is 17.0. The summed E-state index contributed by atoms with van der Waals surface area (Å²) in [7, 11) is 0. The number of benzene rings is 2. The molecule has 2 rings (SSSR count). The van der Waals surface area contributed by atoms with Crippen LogP contribution >= 0.6 is 23.2 Å². The molecule has 0 aliphatic carbocycles. The average molecular weight is 354 g/mol. The molecule has 0 aliphatic rings. The topological polar surface area (TPSA) is 55.8 Å². The predicted molar refractivity (Wildman–Crippen MR) is 87.9 cm³/mol. The number of rotatable bonds is 3. The second kappa shape index (κ2) is 7.35. The van der Waals surface area contributed by atoms with E-state index in [-0.39, 0.29) is 0 Å². The lowest BCUT2D eigenvalue weighted by molar-refractivity contribution is -0.147. The Kier molecular flexibility index (Phi) is 5.47. The fourth-order valence-electron chi connectivity index (χ4n) is 1.76. The molecule has 1 amide bonds. The van der Waals surface area contributed by atoms with Gasteiger partial charge in [0.25, 0.3) is 5.91 Å². The van der Waals surface area contributed by atoms with E-state index in [9.17, 15) is 9.59 Å². The van der Waals surface area contributed by atoms with Gasteiger partial charge in [-0.2, -0.15) is 0 Å². The van der Waals surface area contributed by atoms with Gasteiger partial charge in [-0.15, -0.1) is 5.06 Å². The van der Waals surface area contributed by atoms with Gasteiger partial charge in [0.15, 0.2) is 0 Å². The minimum atomic E-state index is -0.589. The lowest BCUT2D eigenvalue weighted by atomic mass is 10.3. The van der Waals surface area contributed by atoms with Gasteiger partial charge in [0.2, 0.25) is 0 Å². The van der Waals surface area contributed by atoms with Crippen LogP contribution in [0.5, 0.6) is 11.5 Å². The van der Waals surface area contributed by atoms with Gasteiger partial charge in [0.1, 0.15) is 11.5 Å². The van der Waals surface area contributed by atoms with Crippen molar-refractivity contribution >= 4 is 40.8 Å². The Balaban J connectivity index is 2.18. The minimum Gasteiger partial charge on any atom is -0.456 e. The first-order chi connectivity index (χ1) is 10.9. The highest BCUT2D eigenvalue weighted by Gasteiger charge is 2.15. The summed E-state index contributed by atoms with van der Waals surface area (Å²) in [5.74, 6) is -0.0559. The van der Waals surface area contributed by atoms with Gasteiger partial charge >= 0.3 is 5.97 Å². The van der Waals surface area contributed by atoms with Crippen LogP contribution in [0.25, 0.3) is 0 Å². The Morgan fingerprint density at radius 3 is 2.17 bits per heavy atom. The third-order valence-electron chi connectivity index (χ3n) is 2.70. The van der Waals surface area contributed by atoms with Crippen molar-refractivity contribution < 1.29 is 19.2 Å². The Hall–Kier alpha value is -2.24. The normalized spacial score (nSPS) is 10.1. The van der Waals surface area contributed by atoms with E-state index in [2.05, 4.69) is 0 Å². The number of carbonyl (C=O) groups is 2. The number of hydrogen-bond acceptors (Lipinski definition) is 4.